The van der Waals surface area contributed by atoms with Crippen LogP contribution in [0.25, 0.3) is 0 Å². The first-order valence-corrected chi connectivity index (χ1v) is 10.6. The summed E-state index contributed by atoms with van der Waals surface area (Å²) in [6.45, 7) is 5.75. The Labute approximate surface area is 174 Å². The summed E-state index contributed by atoms with van der Waals surface area (Å²) in [6.07, 6.45) is 6.34. The molecule has 1 fully saturated rings. The maximum atomic E-state index is 4.91. The van der Waals surface area contributed by atoms with E-state index < -0.39 is 0 Å². The highest BCUT2D eigenvalue weighted by Gasteiger charge is 2.21. The molecule has 0 saturated carbocycles. The van der Waals surface area contributed by atoms with Gasteiger partial charge in [0.1, 0.15) is 0 Å². The highest BCUT2D eigenvalue weighted by molar-refractivity contribution is 5.80. The second-order valence-corrected chi connectivity index (χ2v) is 7.91. The Hall–Kier alpha value is -2.54. The summed E-state index contributed by atoms with van der Waals surface area (Å²) in [5, 5.41) is 11.4. The maximum absolute atomic E-state index is 4.91. The van der Waals surface area contributed by atoms with Crippen LogP contribution in [0.2, 0.25) is 0 Å². The van der Waals surface area contributed by atoms with Gasteiger partial charge in [-0.25, -0.2) is 0 Å². The minimum absolute atomic E-state index is 0.200. The standard InChI is InChI=1S/C22H35N7/c1-5-23-22(24-15-21(27(2)3)18-14-25-28(4)16-18)26-19-10-9-13-29(17-19)20-11-7-6-8-12-20/h6-8,11-12,14,16,19,21H,5,9-10,13,15,17H2,1-4H3,(H2,23,24,26). The van der Waals surface area contributed by atoms with Crippen molar-refractivity contribution < 1.29 is 0 Å². The lowest BCUT2D eigenvalue weighted by Gasteiger charge is -2.35. The molecule has 2 atom stereocenters. The fourth-order valence-corrected chi connectivity index (χ4v) is 3.84. The number of hydrogen-bond acceptors (Lipinski definition) is 4. The largest absolute Gasteiger partial charge is 0.369 e. The molecule has 0 spiro atoms. The van der Waals surface area contributed by atoms with Crippen LogP contribution in [0, 0.1) is 0 Å². The number of nitrogens with zero attached hydrogens (tertiary/aromatic N) is 5. The lowest BCUT2D eigenvalue weighted by atomic mass is 10.0. The maximum Gasteiger partial charge on any atom is 0.191 e. The molecule has 2 heterocycles. The predicted octanol–water partition coefficient (Wildman–Crippen LogP) is 2.25. The number of benzene rings is 1. The van der Waals surface area contributed by atoms with Gasteiger partial charge in [-0.1, -0.05) is 18.2 Å². The number of aliphatic imine (C=N–C) groups is 1. The minimum Gasteiger partial charge on any atom is -0.369 e. The molecule has 1 aromatic carbocycles. The zero-order chi connectivity index (χ0) is 20.6. The summed E-state index contributed by atoms with van der Waals surface area (Å²) in [5.41, 5.74) is 2.48. The van der Waals surface area contributed by atoms with E-state index in [2.05, 4.69) is 83.1 Å². The Balaban J connectivity index is 1.65. The highest BCUT2D eigenvalue weighted by atomic mass is 15.3. The number of guanidine groups is 1. The molecule has 7 nitrogen and oxygen atoms in total. The molecule has 3 rings (SSSR count). The van der Waals surface area contributed by atoms with Gasteiger partial charge in [-0.2, -0.15) is 5.10 Å². The number of anilines is 1. The Morgan fingerprint density at radius 2 is 2.10 bits per heavy atom. The van der Waals surface area contributed by atoms with Crippen LogP contribution in [-0.4, -0.2) is 67.0 Å². The Kier molecular flexibility index (Phi) is 7.52. The number of hydrogen-bond donors (Lipinski definition) is 2. The van der Waals surface area contributed by atoms with Crippen molar-refractivity contribution in [3.05, 3.63) is 48.3 Å². The third kappa shape index (κ3) is 5.97. The molecule has 1 saturated heterocycles. The fourth-order valence-electron chi connectivity index (χ4n) is 3.84. The smallest absolute Gasteiger partial charge is 0.191 e. The molecule has 158 valence electrons. The second kappa shape index (κ2) is 10.3. The molecule has 7 heteroatoms. The summed E-state index contributed by atoms with van der Waals surface area (Å²) in [4.78, 5) is 9.57. The van der Waals surface area contributed by atoms with Crippen LogP contribution in [0.1, 0.15) is 31.4 Å². The van der Waals surface area contributed by atoms with E-state index in [4.69, 9.17) is 4.99 Å². The monoisotopic (exact) mass is 397 g/mol. The summed E-state index contributed by atoms with van der Waals surface area (Å²) in [5.74, 6) is 0.892. The van der Waals surface area contributed by atoms with Gasteiger partial charge in [-0.15, -0.1) is 0 Å². The van der Waals surface area contributed by atoms with Crippen molar-refractivity contribution in [3.63, 3.8) is 0 Å². The van der Waals surface area contributed by atoms with Crippen LogP contribution < -0.4 is 15.5 Å². The van der Waals surface area contributed by atoms with Gasteiger partial charge in [-0.3, -0.25) is 9.67 Å². The van der Waals surface area contributed by atoms with Crippen molar-refractivity contribution in [3.8, 4) is 0 Å². The van der Waals surface area contributed by atoms with Gasteiger partial charge >= 0.3 is 0 Å². The van der Waals surface area contributed by atoms with E-state index in [0.717, 1.165) is 32.0 Å². The fraction of sp³-hybridized carbons (Fsp3) is 0.545. The van der Waals surface area contributed by atoms with Gasteiger partial charge in [-0.05, 0) is 46.0 Å². The topological polar surface area (TPSA) is 60.7 Å². The third-order valence-corrected chi connectivity index (χ3v) is 5.38. The number of rotatable bonds is 7. The van der Waals surface area contributed by atoms with E-state index >= 15 is 0 Å². The zero-order valence-electron chi connectivity index (χ0n) is 18.2. The Morgan fingerprint density at radius 3 is 2.76 bits per heavy atom. The number of piperidine rings is 1. The number of nitrogens with one attached hydrogen (secondary N) is 2. The van der Waals surface area contributed by atoms with E-state index in [9.17, 15) is 0 Å². The lowest BCUT2D eigenvalue weighted by Crippen LogP contribution is -2.51. The van der Waals surface area contributed by atoms with Crippen molar-refractivity contribution in [2.75, 3.05) is 45.2 Å². The van der Waals surface area contributed by atoms with Crippen molar-refractivity contribution in [2.24, 2.45) is 12.0 Å². The zero-order valence-corrected chi connectivity index (χ0v) is 18.2. The van der Waals surface area contributed by atoms with E-state index in [1.165, 1.54) is 17.7 Å². The predicted molar refractivity (Wildman–Crippen MR) is 120 cm³/mol. The summed E-state index contributed by atoms with van der Waals surface area (Å²) >= 11 is 0. The highest BCUT2D eigenvalue weighted by Crippen LogP contribution is 2.20. The van der Waals surface area contributed by atoms with Gasteiger partial charge in [0.15, 0.2) is 5.96 Å². The number of para-hydroxylation sites is 1. The van der Waals surface area contributed by atoms with Crippen LogP contribution in [0.15, 0.2) is 47.7 Å². The molecule has 0 bridgehead atoms. The molecule has 0 radical (unpaired) electrons. The SMILES string of the molecule is CCNC(=NCC(c1cnn(C)c1)N(C)C)NC1CCCN(c2ccccc2)C1. The van der Waals surface area contributed by atoms with Gasteiger partial charge in [0.05, 0.1) is 18.8 Å². The average Bonchev–Trinajstić information content (AvgIpc) is 3.15. The molecule has 1 aliphatic rings. The Bertz CT molecular complexity index is 768. The van der Waals surface area contributed by atoms with E-state index in [0.29, 0.717) is 12.6 Å². The van der Waals surface area contributed by atoms with Crippen molar-refractivity contribution >= 4 is 11.6 Å². The molecular formula is C22H35N7. The van der Waals surface area contributed by atoms with Crippen LogP contribution in [0.4, 0.5) is 5.69 Å². The van der Waals surface area contributed by atoms with Crippen LogP contribution in [0.5, 0.6) is 0 Å². The number of aromatic nitrogens is 2. The first-order valence-electron chi connectivity index (χ1n) is 10.6. The quantitative estimate of drug-likeness (QED) is 0.554. The molecule has 0 aliphatic carbocycles. The molecule has 2 N–H and O–H groups in total. The molecule has 2 unspecified atom stereocenters. The van der Waals surface area contributed by atoms with E-state index in [1.54, 1.807) is 0 Å². The van der Waals surface area contributed by atoms with Crippen LogP contribution in [0.3, 0.4) is 0 Å². The van der Waals surface area contributed by atoms with Crippen molar-refractivity contribution in [2.45, 2.75) is 31.8 Å². The molecular weight excluding hydrogens is 362 g/mol. The molecule has 1 aliphatic heterocycles. The summed E-state index contributed by atoms with van der Waals surface area (Å²) in [7, 11) is 6.13. The van der Waals surface area contributed by atoms with Crippen molar-refractivity contribution in [1.29, 1.82) is 0 Å². The molecule has 29 heavy (non-hydrogen) atoms. The van der Waals surface area contributed by atoms with Crippen LogP contribution in [-0.2, 0) is 7.05 Å². The number of likely N-dealkylation sites (N-methyl/N-ethyl adjacent to an activating group) is 1. The number of aryl methyl sites for hydroxylation is 1. The summed E-state index contributed by atoms with van der Waals surface area (Å²) < 4.78 is 1.85. The summed E-state index contributed by atoms with van der Waals surface area (Å²) in [6, 6.07) is 11.3. The van der Waals surface area contributed by atoms with Gasteiger partial charge in [0.2, 0.25) is 0 Å². The van der Waals surface area contributed by atoms with Gasteiger partial charge in [0, 0.05) is 50.2 Å². The van der Waals surface area contributed by atoms with E-state index in [1.807, 2.05) is 17.9 Å². The second-order valence-electron chi connectivity index (χ2n) is 7.91. The Morgan fingerprint density at radius 1 is 1.31 bits per heavy atom. The minimum atomic E-state index is 0.200. The van der Waals surface area contributed by atoms with E-state index in [-0.39, 0.29) is 6.04 Å². The first-order chi connectivity index (χ1) is 14.1. The molecule has 2 aromatic rings. The van der Waals surface area contributed by atoms with Gasteiger partial charge in [0.25, 0.3) is 0 Å². The first kappa shape index (κ1) is 21.2. The molecule has 0 amide bonds. The lowest BCUT2D eigenvalue weighted by molar-refractivity contribution is 0.306. The normalized spacial score (nSPS) is 18.7. The van der Waals surface area contributed by atoms with Gasteiger partial charge < -0.3 is 20.4 Å². The average molecular weight is 398 g/mol. The third-order valence-electron chi connectivity index (χ3n) is 5.38. The van der Waals surface area contributed by atoms with Crippen LogP contribution >= 0.6 is 0 Å². The van der Waals surface area contributed by atoms with Crippen molar-refractivity contribution in [1.82, 2.24) is 25.3 Å². The molecule has 1 aromatic heterocycles.